The lowest BCUT2D eigenvalue weighted by Crippen LogP contribution is -2.33. The quantitative estimate of drug-likeness (QED) is 0.686. The number of para-hydroxylation sites is 1. The van der Waals surface area contributed by atoms with E-state index in [1.165, 1.54) is 10.1 Å². The van der Waals surface area contributed by atoms with Gasteiger partial charge in [0.25, 0.3) is 5.56 Å². The molecule has 0 atom stereocenters. The lowest BCUT2D eigenvalue weighted by atomic mass is 10.1. The molecule has 1 N–H and O–H groups in total. The first-order valence-corrected chi connectivity index (χ1v) is 9.47. The van der Waals surface area contributed by atoms with E-state index in [0.717, 1.165) is 18.7 Å². The van der Waals surface area contributed by atoms with Crippen LogP contribution in [0.5, 0.6) is 0 Å². The van der Waals surface area contributed by atoms with Gasteiger partial charge >= 0.3 is 0 Å². The van der Waals surface area contributed by atoms with Crippen LogP contribution in [0.4, 0.5) is 0 Å². The van der Waals surface area contributed by atoms with Crippen LogP contribution in [0.1, 0.15) is 23.9 Å². The van der Waals surface area contributed by atoms with Crippen LogP contribution >= 0.6 is 0 Å². The average Bonchev–Trinajstić information content (AvgIpc) is 2.70. The first-order chi connectivity index (χ1) is 13.5. The van der Waals surface area contributed by atoms with Gasteiger partial charge in [-0.25, -0.2) is 4.98 Å². The van der Waals surface area contributed by atoms with E-state index in [1.807, 2.05) is 18.2 Å². The number of aryl methyl sites for hydroxylation is 1. The van der Waals surface area contributed by atoms with Gasteiger partial charge in [-0.3, -0.25) is 14.2 Å². The molecule has 6 heteroatoms. The van der Waals surface area contributed by atoms with Crippen LogP contribution < -0.4 is 10.9 Å². The SMILES string of the molecule is CCN(C)Cc1cccc(CNC(=O)Cn2c(C)nc3ccccc3c2=O)c1. The van der Waals surface area contributed by atoms with E-state index in [-0.39, 0.29) is 18.0 Å². The molecule has 6 nitrogen and oxygen atoms in total. The van der Waals surface area contributed by atoms with Crippen molar-refractivity contribution in [1.29, 1.82) is 0 Å². The first-order valence-electron chi connectivity index (χ1n) is 9.47. The van der Waals surface area contributed by atoms with Gasteiger partial charge in [-0.15, -0.1) is 0 Å². The maximum atomic E-state index is 12.7. The minimum atomic E-state index is -0.210. The maximum Gasteiger partial charge on any atom is 0.261 e. The fraction of sp³-hybridized carbons (Fsp3) is 0.318. The van der Waals surface area contributed by atoms with Gasteiger partial charge in [-0.05, 0) is 43.8 Å². The fourth-order valence-electron chi connectivity index (χ4n) is 3.13. The third-order valence-corrected chi connectivity index (χ3v) is 4.83. The summed E-state index contributed by atoms with van der Waals surface area (Å²) in [6, 6.07) is 15.4. The second-order valence-corrected chi connectivity index (χ2v) is 6.99. The summed E-state index contributed by atoms with van der Waals surface area (Å²) in [5.41, 5.74) is 2.70. The van der Waals surface area contributed by atoms with Crippen LogP contribution in [0, 0.1) is 6.92 Å². The first kappa shape index (κ1) is 19.8. The van der Waals surface area contributed by atoms with Crippen molar-refractivity contribution in [2.24, 2.45) is 0 Å². The number of aromatic nitrogens is 2. The molecule has 0 fully saturated rings. The maximum absolute atomic E-state index is 12.7. The van der Waals surface area contributed by atoms with Crippen LogP contribution in [0.2, 0.25) is 0 Å². The summed E-state index contributed by atoms with van der Waals surface area (Å²) in [6.07, 6.45) is 0. The summed E-state index contributed by atoms with van der Waals surface area (Å²) in [5, 5.41) is 3.43. The smallest absolute Gasteiger partial charge is 0.261 e. The molecule has 0 saturated carbocycles. The van der Waals surface area contributed by atoms with E-state index in [1.54, 1.807) is 25.1 Å². The van der Waals surface area contributed by atoms with Gasteiger partial charge in [0.2, 0.25) is 5.91 Å². The minimum absolute atomic E-state index is 0.0409. The highest BCUT2D eigenvalue weighted by atomic mass is 16.2. The Labute approximate surface area is 164 Å². The Bertz CT molecular complexity index is 1040. The van der Waals surface area contributed by atoms with Gasteiger partial charge in [-0.1, -0.05) is 43.3 Å². The molecule has 0 aliphatic carbocycles. The van der Waals surface area contributed by atoms with Crippen LogP contribution in [0.25, 0.3) is 10.9 Å². The Morgan fingerprint density at radius 1 is 1.14 bits per heavy atom. The molecule has 2 aromatic carbocycles. The number of amides is 1. The zero-order valence-corrected chi connectivity index (χ0v) is 16.6. The van der Waals surface area contributed by atoms with E-state index in [0.29, 0.717) is 23.3 Å². The fourth-order valence-corrected chi connectivity index (χ4v) is 3.13. The van der Waals surface area contributed by atoms with Crippen LogP contribution in [-0.2, 0) is 24.4 Å². The van der Waals surface area contributed by atoms with E-state index in [9.17, 15) is 9.59 Å². The van der Waals surface area contributed by atoms with Crippen molar-refractivity contribution in [3.63, 3.8) is 0 Å². The van der Waals surface area contributed by atoms with Crippen LogP contribution in [-0.4, -0.2) is 34.0 Å². The molecule has 0 unspecified atom stereocenters. The largest absolute Gasteiger partial charge is 0.350 e. The molecule has 3 aromatic rings. The summed E-state index contributed by atoms with van der Waals surface area (Å²) in [6.45, 7) is 6.10. The summed E-state index contributed by atoms with van der Waals surface area (Å²) in [5.74, 6) is 0.321. The second kappa shape index (κ2) is 8.80. The Balaban J connectivity index is 1.68. The van der Waals surface area contributed by atoms with Gasteiger partial charge < -0.3 is 10.2 Å². The van der Waals surface area contributed by atoms with Gasteiger partial charge in [0, 0.05) is 13.1 Å². The second-order valence-electron chi connectivity index (χ2n) is 6.99. The predicted octanol–water partition coefficient (Wildman–Crippen LogP) is 2.47. The van der Waals surface area contributed by atoms with Crippen molar-refractivity contribution in [3.05, 3.63) is 75.8 Å². The third-order valence-electron chi connectivity index (χ3n) is 4.83. The van der Waals surface area contributed by atoms with Crippen molar-refractivity contribution in [2.45, 2.75) is 33.5 Å². The van der Waals surface area contributed by atoms with Gasteiger partial charge in [0.15, 0.2) is 0 Å². The number of carbonyl (C=O) groups excluding carboxylic acids is 1. The van der Waals surface area contributed by atoms with E-state index in [2.05, 4.69) is 41.3 Å². The van der Waals surface area contributed by atoms with E-state index >= 15 is 0 Å². The molecular weight excluding hydrogens is 352 g/mol. The average molecular weight is 378 g/mol. The molecule has 1 aromatic heterocycles. The number of fused-ring (bicyclic) bond motifs is 1. The van der Waals surface area contributed by atoms with Crippen molar-refractivity contribution < 1.29 is 4.79 Å². The molecule has 0 spiro atoms. The molecule has 28 heavy (non-hydrogen) atoms. The molecule has 146 valence electrons. The lowest BCUT2D eigenvalue weighted by molar-refractivity contribution is -0.121. The number of nitrogens with one attached hydrogen (secondary N) is 1. The molecule has 0 radical (unpaired) electrons. The molecule has 1 heterocycles. The normalized spacial score (nSPS) is 11.1. The summed E-state index contributed by atoms with van der Waals surface area (Å²) in [4.78, 5) is 31.8. The Morgan fingerprint density at radius 2 is 1.89 bits per heavy atom. The van der Waals surface area contributed by atoms with Crippen molar-refractivity contribution in [1.82, 2.24) is 19.8 Å². The highest BCUT2D eigenvalue weighted by Crippen LogP contribution is 2.09. The molecule has 0 saturated heterocycles. The summed E-state index contributed by atoms with van der Waals surface area (Å²) >= 11 is 0. The number of hydrogen-bond donors (Lipinski definition) is 1. The van der Waals surface area contributed by atoms with E-state index < -0.39 is 0 Å². The number of nitrogens with zero attached hydrogens (tertiary/aromatic N) is 3. The standard InChI is InChI=1S/C22H26N4O2/c1-4-25(3)14-18-9-7-8-17(12-18)13-23-21(27)15-26-16(2)24-20-11-6-5-10-19(20)22(26)28/h5-12H,4,13-15H2,1-3H3,(H,23,27). The highest BCUT2D eigenvalue weighted by molar-refractivity contribution is 5.79. The third kappa shape index (κ3) is 4.64. The zero-order valence-electron chi connectivity index (χ0n) is 16.6. The van der Waals surface area contributed by atoms with Crippen LogP contribution in [0.3, 0.4) is 0 Å². The molecule has 1 amide bonds. The highest BCUT2D eigenvalue weighted by Gasteiger charge is 2.11. The van der Waals surface area contributed by atoms with E-state index in [4.69, 9.17) is 0 Å². The van der Waals surface area contributed by atoms with Gasteiger partial charge in [-0.2, -0.15) is 0 Å². The number of hydrogen-bond acceptors (Lipinski definition) is 4. The number of rotatable bonds is 7. The monoisotopic (exact) mass is 378 g/mol. The molecule has 0 aliphatic heterocycles. The minimum Gasteiger partial charge on any atom is -0.350 e. The van der Waals surface area contributed by atoms with Gasteiger partial charge in [0.1, 0.15) is 12.4 Å². The van der Waals surface area contributed by atoms with Crippen molar-refractivity contribution in [2.75, 3.05) is 13.6 Å². The summed E-state index contributed by atoms with van der Waals surface area (Å²) < 4.78 is 1.42. The number of benzene rings is 2. The molecular formula is C22H26N4O2. The van der Waals surface area contributed by atoms with Gasteiger partial charge in [0.05, 0.1) is 10.9 Å². The predicted molar refractivity (Wildman–Crippen MR) is 111 cm³/mol. The number of carbonyl (C=O) groups is 1. The Morgan fingerprint density at radius 3 is 2.68 bits per heavy atom. The Kier molecular flexibility index (Phi) is 6.21. The Hall–Kier alpha value is -2.99. The zero-order chi connectivity index (χ0) is 20.1. The molecule has 0 bridgehead atoms. The van der Waals surface area contributed by atoms with Crippen molar-refractivity contribution >= 4 is 16.8 Å². The van der Waals surface area contributed by atoms with Crippen molar-refractivity contribution in [3.8, 4) is 0 Å². The molecule has 0 aliphatic rings. The lowest BCUT2D eigenvalue weighted by Gasteiger charge is -2.15. The molecule has 3 rings (SSSR count). The summed E-state index contributed by atoms with van der Waals surface area (Å²) in [7, 11) is 2.08. The van der Waals surface area contributed by atoms with Crippen LogP contribution in [0.15, 0.2) is 53.3 Å². The topological polar surface area (TPSA) is 67.2 Å².